The summed E-state index contributed by atoms with van der Waals surface area (Å²) in [5.74, 6) is -1.14. The molecule has 1 saturated heterocycles. The van der Waals surface area contributed by atoms with E-state index < -0.39 is 29.2 Å². The SMILES string of the molecule is CC(C)[C@H](C(=O)NO)N1CCC2(C(=O)Nc3cc(OCc4ccccc4)ccc32)C1=O. The van der Waals surface area contributed by atoms with Gasteiger partial charge in [-0.1, -0.05) is 50.2 Å². The molecular weight excluding hydrogens is 398 g/mol. The molecule has 0 bridgehead atoms. The highest BCUT2D eigenvalue weighted by Gasteiger charge is 2.59. The number of benzene rings is 2. The van der Waals surface area contributed by atoms with Gasteiger partial charge in [-0.25, -0.2) is 5.48 Å². The minimum Gasteiger partial charge on any atom is -0.489 e. The van der Waals surface area contributed by atoms with Crippen molar-refractivity contribution in [1.82, 2.24) is 10.4 Å². The van der Waals surface area contributed by atoms with Crippen molar-refractivity contribution in [2.45, 2.75) is 38.3 Å². The van der Waals surface area contributed by atoms with E-state index in [0.717, 1.165) is 5.56 Å². The molecule has 31 heavy (non-hydrogen) atoms. The maximum absolute atomic E-state index is 13.4. The quantitative estimate of drug-likeness (QED) is 0.375. The highest BCUT2D eigenvalue weighted by molar-refractivity contribution is 6.22. The second-order valence-electron chi connectivity index (χ2n) is 8.25. The summed E-state index contributed by atoms with van der Waals surface area (Å²) in [5, 5.41) is 11.9. The van der Waals surface area contributed by atoms with Crippen molar-refractivity contribution in [3.05, 3.63) is 59.7 Å². The summed E-state index contributed by atoms with van der Waals surface area (Å²) in [6.07, 6.45) is 0.261. The maximum atomic E-state index is 13.4. The fourth-order valence-corrected chi connectivity index (χ4v) is 4.52. The number of rotatable bonds is 6. The Bertz CT molecular complexity index is 1020. The lowest BCUT2D eigenvalue weighted by atomic mass is 9.80. The van der Waals surface area contributed by atoms with Crippen molar-refractivity contribution in [1.29, 1.82) is 0 Å². The molecule has 0 aliphatic carbocycles. The summed E-state index contributed by atoms with van der Waals surface area (Å²) in [7, 11) is 0. The first-order chi connectivity index (χ1) is 14.9. The minimum atomic E-state index is -1.36. The number of carbonyl (C=O) groups excluding carboxylic acids is 3. The minimum absolute atomic E-state index is 0.232. The van der Waals surface area contributed by atoms with Gasteiger partial charge in [0, 0.05) is 23.9 Å². The lowest BCUT2D eigenvalue weighted by Crippen LogP contribution is -2.53. The second-order valence-corrected chi connectivity index (χ2v) is 8.25. The van der Waals surface area contributed by atoms with Crippen LogP contribution in [0.1, 0.15) is 31.4 Å². The van der Waals surface area contributed by atoms with Crippen LogP contribution in [0.15, 0.2) is 48.5 Å². The van der Waals surface area contributed by atoms with E-state index in [4.69, 9.17) is 9.94 Å². The van der Waals surface area contributed by atoms with Gasteiger partial charge >= 0.3 is 0 Å². The Hall–Kier alpha value is -3.39. The molecular formula is C23H25N3O5. The number of hydroxylamine groups is 1. The van der Waals surface area contributed by atoms with E-state index in [1.807, 2.05) is 30.3 Å². The molecule has 8 nitrogen and oxygen atoms in total. The van der Waals surface area contributed by atoms with Crippen molar-refractivity contribution in [3.63, 3.8) is 0 Å². The first-order valence-electron chi connectivity index (χ1n) is 10.3. The molecule has 1 spiro atoms. The van der Waals surface area contributed by atoms with Crippen LogP contribution in [-0.2, 0) is 26.4 Å². The normalized spacial score (nSPS) is 20.7. The molecule has 4 rings (SSSR count). The van der Waals surface area contributed by atoms with Gasteiger partial charge in [-0.2, -0.15) is 0 Å². The molecule has 2 aromatic carbocycles. The van der Waals surface area contributed by atoms with Crippen LogP contribution in [0.5, 0.6) is 5.75 Å². The van der Waals surface area contributed by atoms with Gasteiger partial charge in [-0.3, -0.25) is 19.6 Å². The summed E-state index contributed by atoms with van der Waals surface area (Å²) in [6.45, 7) is 4.21. The number of likely N-dealkylation sites (tertiary alicyclic amines) is 1. The number of nitrogens with zero attached hydrogens (tertiary/aromatic N) is 1. The van der Waals surface area contributed by atoms with Crippen LogP contribution in [-0.4, -0.2) is 40.4 Å². The highest BCUT2D eigenvalue weighted by atomic mass is 16.5. The molecule has 0 saturated carbocycles. The van der Waals surface area contributed by atoms with Crippen LogP contribution < -0.4 is 15.5 Å². The largest absolute Gasteiger partial charge is 0.489 e. The van der Waals surface area contributed by atoms with Crippen molar-refractivity contribution < 1.29 is 24.3 Å². The summed E-state index contributed by atoms with van der Waals surface area (Å²) in [5.41, 5.74) is 2.42. The average molecular weight is 423 g/mol. The number of amides is 3. The number of anilines is 1. The Balaban J connectivity index is 1.59. The van der Waals surface area contributed by atoms with E-state index in [-0.39, 0.29) is 18.9 Å². The maximum Gasteiger partial charge on any atom is 0.266 e. The fourth-order valence-electron chi connectivity index (χ4n) is 4.52. The zero-order valence-electron chi connectivity index (χ0n) is 17.4. The summed E-state index contributed by atoms with van der Waals surface area (Å²) < 4.78 is 5.84. The van der Waals surface area contributed by atoms with Crippen LogP contribution in [0.3, 0.4) is 0 Å². The third-order valence-electron chi connectivity index (χ3n) is 6.03. The standard InChI is InChI=1S/C23H25N3O5/c1-14(2)19(20(27)25-30)26-11-10-23(22(26)29)17-9-8-16(12-18(17)24-21(23)28)31-13-15-6-4-3-5-7-15/h3-9,12,14,19,30H,10-11,13H2,1-2H3,(H,24,28)(H,25,27)/t19-,23?/m1/s1. The van der Waals surface area contributed by atoms with Gasteiger partial charge in [0.15, 0.2) is 5.41 Å². The molecule has 1 fully saturated rings. The number of hydrogen-bond acceptors (Lipinski definition) is 5. The lowest BCUT2D eigenvalue weighted by molar-refractivity contribution is -0.147. The molecule has 3 N–H and O–H groups in total. The van der Waals surface area contributed by atoms with Crippen LogP contribution >= 0.6 is 0 Å². The fraction of sp³-hybridized carbons (Fsp3) is 0.348. The molecule has 1 unspecified atom stereocenters. The Kier molecular flexibility index (Phi) is 5.41. The molecule has 0 aromatic heterocycles. The predicted octanol–water partition coefficient (Wildman–Crippen LogP) is 2.22. The number of hydrogen-bond donors (Lipinski definition) is 3. The average Bonchev–Trinajstić information content (AvgIpc) is 3.25. The van der Waals surface area contributed by atoms with Crippen molar-refractivity contribution in [2.75, 3.05) is 11.9 Å². The third kappa shape index (κ3) is 3.42. The second kappa shape index (κ2) is 8.03. The smallest absolute Gasteiger partial charge is 0.266 e. The Morgan fingerprint density at radius 2 is 1.97 bits per heavy atom. The number of fused-ring (bicyclic) bond motifs is 2. The van der Waals surface area contributed by atoms with E-state index in [1.54, 1.807) is 37.5 Å². The van der Waals surface area contributed by atoms with Crippen molar-refractivity contribution in [3.8, 4) is 5.75 Å². The molecule has 3 amide bonds. The first-order valence-corrected chi connectivity index (χ1v) is 10.3. The zero-order valence-corrected chi connectivity index (χ0v) is 17.4. The number of carbonyl (C=O) groups is 3. The first kappa shape index (κ1) is 20.9. The monoisotopic (exact) mass is 423 g/mol. The van der Waals surface area contributed by atoms with E-state index in [9.17, 15) is 14.4 Å². The Morgan fingerprint density at radius 1 is 1.23 bits per heavy atom. The van der Waals surface area contributed by atoms with Gasteiger partial charge in [-0.05, 0) is 24.0 Å². The van der Waals surface area contributed by atoms with Gasteiger partial charge in [0.1, 0.15) is 18.4 Å². The molecule has 2 atom stereocenters. The van der Waals surface area contributed by atoms with Crippen LogP contribution in [0.4, 0.5) is 5.69 Å². The van der Waals surface area contributed by atoms with Gasteiger partial charge in [-0.15, -0.1) is 0 Å². The molecule has 2 aliphatic heterocycles. The van der Waals surface area contributed by atoms with Gasteiger partial charge in [0.2, 0.25) is 11.8 Å². The molecule has 2 aliphatic rings. The zero-order chi connectivity index (χ0) is 22.2. The highest BCUT2D eigenvalue weighted by Crippen LogP contribution is 2.47. The van der Waals surface area contributed by atoms with E-state index >= 15 is 0 Å². The van der Waals surface area contributed by atoms with Gasteiger partial charge in [0.05, 0.1) is 0 Å². The van der Waals surface area contributed by atoms with Crippen molar-refractivity contribution in [2.24, 2.45) is 5.92 Å². The molecule has 8 heteroatoms. The van der Waals surface area contributed by atoms with E-state index in [1.165, 1.54) is 4.90 Å². The topological polar surface area (TPSA) is 108 Å². The van der Waals surface area contributed by atoms with E-state index in [2.05, 4.69) is 5.32 Å². The lowest BCUT2D eigenvalue weighted by Gasteiger charge is -2.30. The van der Waals surface area contributed by atoms with Crippen LogP contribution in [0.25, 0.3) is 0 Å². The Labute approximate surface area is 180 Å². The predicted molar refractivity (Wildman–Crippen MR) is 112 cm³/mol. The number of ether oxygens (including phenoxy) is 1. The summed E-state index contributed by atoms with van der Waals surface area (Å²) in [4.78, 5) is 40.0. The third-order valence-corrected chi connectivity index (χ3v) is 6.03. The van der Waals surface area contributed by atoms with Crippen LogP contribution in [0.2, 0.25) is 0 Å². The van der Waals surface area contributed by atoms with Gasteiger partial charge in [0.25, 0.3) is 5.91 Å². The molecule has 0 radical (unpaired) electrons. The van der Waals surface area contributed by atoms with E-state index in [0.29, 0.717) is 23.6 Å². The van der Waals surface area contributed by atoms with Crippen molar-refractivity contribution >= 4 is 23.4 Å². The molecule has 2 heterocycles. The number of nitrogens with one attached hydrogen (secondary N) is 2. The summed E-state index contributed by atoms with van der Waals surface area (Å²) in [6, 6.07) is 14.1. The summed E-state index contributed by atoms with van der Waals surface area (Å²) >= 11 is 0. The Morgan fingerprint density at radius 3 is 2.65 bits per heavy atom. The molecule has 2 aromatic rings. The van der Waals surface area contributed by atoms with Gasteiger partial charge < -0.3 is 15.0 Å². The van der Waals surface area contributed by atoms with Crippen LogP contribution in [0, 0.1) is 5.92 Å². The molecule has 162 valence electrons.